The molecule has 250 valence electrons. The number of Topliss-reactive ketones (excluding diaryl/α,β-unsaturated/α-hetero) is 1. The van der Waals surface area contributed by atoms with E-state index in [0.717, 1.165) is 16.7 Å². The summed E-state index contributed by atoms with van der Waals surface area (Å²) in [6.07, 6.45) is -0.739. The Kier molecular flexibility index (Phi) is 14.6. The molecule has 0 radical (unpaired) electrons. The molecule has 0 saturated heterocycles. The van der Waals surface area contributed by atoms with Crippen LogP contribution in [0.4, 0.5) is 4.79 Å². The second-order valence-corrected chi connectivity index (χ2v) is 11.4. The maximum atomic E-state index is 13.7. The molecule has 2 amide bonds. The average molecular weight is 645 g/mol. The van der Waals surface area contributed by atoms with Crippen LogP contribution in [0.5, 0.6) is 0 Å². The van der Waals surface area contributed by atoms with E-state index in [1.807, 2.05) is 97.9 Å². The smallest absolute Gasteiger partial charge is 0.410 e. The van der Waals surface area contributed by atoms with Gasteiger partial charge in [0.2, 0.25) is 5.91 Å². The number of ketones is 1. The first-order valence-electron chi connectivity index (χ1n) is 15.7. The number of rotatable bonds is 17. The van der Waals surface area contributed by atoms with E-state index in [0.29, 0.717) is 12.8 Å². The van der Waals surface area contributed by atoms with Crippen LogP contribution in [0.3, 0.4) is 0 Å². The van der Waals surface area contributed by atoms with Gasteiger partial charge < -0.3 is 19.5 Å². The predicted octanol–water partition coefficient (Wildman–Crippen LogP) is 5.07. The van der Waals surface area contributed by atoms with E-state index in [2.05, 4.69) is 5.32 Å². The zero-order valence-corrected chi connectivity index (χ0v) is 27.4. The van der Waals surface area contributed by atoms with Crippen molar-refractivity contribution in [1.29, 1.82) is 0 Å². The molecule has 0 spiro atoms. The number of hydrogen-bond donors (Lipinski definition) is 1. The molecule has 0 fully saturated rings. The molecule has 3 aromatic rings. The van der Waals surface area contributed by atoms with Crippen molar-refractivity contribution < 1.29 is 38.2 Å². The Morgan fingerprint density at radius 2 is 1.30 bits per heavy atom. The third-order valence-electron chi connectivity index (χ3n) is 7.85. The van der Waals surface area contributed by atoms with Gasteiger partial charge in [0, 0.05) is 19.9 Å². The van der Waals surface area contributed by atoms with Crippen molar-refractivity contribution in [3.05, 3.63) is 108 Å². The van der Waals surface area contributed by atoms with E-state index < -0.39 is 60.2 Å². The minimum Gasteiger partial charge on any atom is -0.467 e. The zero-order valence-electron chi connectivity index (χ0n) is 27.4. The van der Waals surface area contributed by atoms with Crippen LogP contribution in [-0.4, -0.2) is 67.0 Å². The SMILES string of the molecule is CCC[C@H](OC(=O)[C@H](Cc1ccccc1)N(C)C(=O)OCc1ccccc1)[C@H](C)C(=O)CC(=O)N[C@@H](Cc1ccccc1)C(=O)OC. The van der Waals surface area contributed by atoms with Gasteiger partial charge in [-0.15, -0.1) is 0 Å². The average Bonchev–Trinajstić information content (AvgIpc) is 3.09. The number of carbonyl (C=O) groups is 5. The number of hydrogen-bond acceptors (Lipinski definition) is 8. The highest BCUT2D eigenvalue weighted by molar-refractivity contribution is 6.00. The minimum atomic E-state index is -1.04. The Morgan fingerprint density at radius 1 is 0.766 bits per heavy atom. The molecule has 10 heteroatoms. The van der Waals surface area contributed by atoms with E-state index in [1.54, 1.807) is 6.92 Å². The molecule has 0 saturated carbocycles. The molecule has 1 N–H and O–H groups in total. The lowest BCUT2D eigenvalue weighted by molar-refractivity contribution is -0.159. The number of esters is 2. The summed E-state index contributed by atoms with van der Waals surface area (Å²) in [5.74, 6) is -3.24. The summed E-state index contributed by atoms with van der Waals surface area (Å²) in [5, 5.41) is 2.61. The number of ether oxygens (including phenoxy) is 3. The largest absolute Gasteiger partial charge is 0.467 e. The lowest BCUT2D eigenvalue weighted by Gasteiger charge is -2.30. The molecule has 3 aromatic carbocycles. The molecule has 0 unspecified atom stereocenters. The Morgan fingerprint density at radius 3 is 1.83 bits per heavy atom. The van der Waals surface area contributed by atoms with E-state index in [-0.39, 0.29) is 19.4 Å². The van der Waals surface area contributed by atoms with Crippen molar-refractivity contribution in [2.45, 2.75) is 70.7 Å². The lowest BCUT2D eigenvalue weighted by Crippen LogP contribution is -2.47. The number of carbonyl (C=O) groups excluding carboxylic acids is 5. The summed E-state index contributed by atoms with van der Waals surface area (Å²) in [6.45, 7) is 3.53. The van der Waals surface area contributed by atoms with Crippen molar-refractivity contribution >= 4 is 29.7 Å². The van der Waals surface area contributed by atoms with E-state index in [1.165, 1.54) is 19.1 Å². The monoisotopic (exact) mass is 644 g/mol. The highest BCUT2D eigenvalue weighted by atomic mass is 16.6. The predicted molar refractivity (Wildman–Crippen MR) is 176 cm³/mol. The van der Waals surface area contributed by atoms with Crippen molar-refractivity contribution in [1.82, 2.24) is 10.2 Å². The third-order valence-corrected chi connectivity index (χ3v) is 7.85. The fourth-order valence-corrected chi connectivity index (χ4v) is 5.04. The van der Waals surface area contributed by atoms with E-state index in [9.17, 15) is 24.0 Å². The molecule has 3 rings (SSSR count). The molecule has 0 aliphatic carbocycles. The summed E-state index contributed by atoms with van der Waals surface area (Å²) in [5.41, 5.74) is 2.42. The highest BCUT2D eigenvalue weighted by Crippen LogP contribution is 2.20. The van der Waals surface area contributed by atoms with Gasteiger partial charge in [-0.05, 0) is 23.1 Å². The zero-order chi connectivity index (χ0) is 34.2. The van der Waals surface area contributed by atoms with Gasteiger partial charge in [-0.1, -0.05) is 111 Å². The van der Waals surface area contributed by atoms with Gasteiger partial charge in [-0.3, -0.25) is 14.5 Å². The van der Waals surface area contributed by atoms with Gasteiger partial charge in [-0.2, -0.15) is 0 Å². The summed E-state index contributed by atoms with van der Waals surface area (Å²) in [4.78, 5) is 66.6. The molecule has 0 heterocycles. The van der Waals surface area contributed by atoms with Crippen molar-refractivity contribution in [2.24, 2.45) is 5.92 Å². The highest BCUT2D eigenvalue weighted by Gasteiger charge is 2.35. The maximum Gasteiger partial charge on any atom is 0.410 e. The first-order chi connectivity index (χ1) is 22.6. The number of nitrogens with one attached hydrogen (secondary N) is 1. The molecule has 4 atom stereocenters. The van der Waals surface area contributed by atoms with E-state index >= 15 is 0 Å². The Balaban J connectivity index is 1.69. The number of methoxy groups -OCH3 is 1. The first kappa shape index (κ1) is 36.5. The summed E-state index contributed by atoms with van der Waals surface area (Å²) >= 11 is 0. The van der Waals surface area contributed by atoms with Gasteiger partial charge >= 0.3 is 18.0 Å². The Hall–Kier alpha value is -4.99. The topological polar surface area (TPSA) is 128 Å². The molecule has 0 aromatic heterocycles. The molecule has 0 aliphatic rings. The fourth-order valence-electron chi connectivity index (χ4n) is 5.04. The fraction of sp³-hybridized carbons (Fsp3) is 0.378. The molecule has 0 bridgehead atoms. The van der Waals surface area contributed by atoms with Gasteiger partial charge in [0.05, 0.1) is 19.4 Å². The normalized spacial score (nSPS) is 13.3. The lowest BCUT2D eigenvalue weighted by atomic mass is 9.93. The number of nitrogens with zero attached hydrogens (tertiary/aromatic N) is 1. The number of likely N-dealkylation sites (N-methyl/N-ethyl adjacent to an activating group) is 1. The van der Waals surface area contributed by atoms with Crippen LogP contribution in [0.2, 0.25) is 0 Å². The Labute approximate surface area is 276 Å². The quantitative estimate of drug-likeness (QED) is 0.123. The maximum absolute atomic E-state index is 13.7. The van der Waals surface area contributed by atoms with Crippen LogP contribution in [0.1, 0.15) is 49.8 Å². The molecule has 47 heavy (non-hydrogen) atoms. The molecular formula is C37H44N2O8. The standard InChI is InChI=1S/C37H44N2O8/c1-5-15-33(26(2)32(40)24-34(41)38-30(35(42)45-4)22-27-16-9-6-10-17-27)47-36(43)31(23-28-18-11-7-12-19-28)39(3)37(44)46-25-29-20-13-8-14-21-29/h6-14,16-21,26,30-31,33H,5,15,22-25H2,1-4H3,(H,38,41)/t26-,30+,31+,33+/m1/s1. The summed E-state index contributed by atoms with van der Waals surface area (Å²) < 4.78 is 16.3. The van der Waals surface area contributed by atoms with Crippen molar-refractivity contribution in [3.8, 4) is 0 Å². The van der Waals surface area contributed by atoms with Crippen LogP contribution >= 0.6 is 0 Å². The molecule has 10 nitrogen and oxygen atoms in total. The van der Waals surface area contributed by atoms with Crippen LogP contribution in [0.15, 0.2) is 91.0 Å². The van der Waals surface area contributed by atoms with Gasteiger partial charge in [-0.25, -0.2) is 14.4 Å². The second kappa shape index (κ2) is 18.9. The van der Waals surface area contributed by atoms with Crippen molar-refractivity contribution in [3.63, 3.8) is 0 Å². The minimum absolute atomic E-state index is 0.0331. The van der Waals surface area contributed by atoms with Gasteiger partial charge in [0.15, 0.2) is 0 Å². The van der Waals surface area contributed by atoms with E-state index in [4.69, 9.17) is 14.2 Å². The van der Waals surface area contributed by atoms with Crippen LogP contribution in [-0.2, 0) is 52.8 Å². The first-order valence-corrected chi connectivity index (χ1v) is 15.7. The number of amides is 2. The van der Waals surface area contributed by atoms with Gasteiger partial charge in [0.25, 0.3) is 0 Å². The van der Waals surface area contributed by atoms with Crippen LogP contribution in [0.25, 0.3) is 0 Å². The Bertz CT molecular complexity index is 1450. The summed E-state index contributed by atoms with van der Waals surface area (Å²) in [6, 6.07) is 25.5. The van der Waals surface area contributed by atoms with Gasteiger partial charge in [0.1, 0.15) is 30.6 Å². The second-order valence-electron chi connectivity index (χ2n) is 11.4. The van der Waals surface area contributed by atoms with Crippen LogP contribution in [0, 0.1) is 5.92 Å². The molecule has 0 aliphatic heterocycles. The third kappa shape index (κ3) is 11.7. The molecular weight excluding hydrogens is 600 g/mol. The van der Waals surface area contributed by atoms with Crippen molar-refractivity contribution in [2.75, 3.05) is 14.2 Å². The summed E-state index contributed by atoms with van der Waals surface area (Å²) in [7, 11) is 2.71. The number of benzene rings is 3. The van der Waals surface area contributed by atoms with Crippen LogP contribution < -0.4 is 5.32 Å².